The molecule has 0 aromatic carbocycles. The minimum atomic E-state index is -4.15. The molecule has 0 aromatic rings. The van der Waals surface area contributed by atoms with Crippen molar-refractivity contribution < 1.29 is 47.6 Å². The maximum atomic E-state index is 11.5. The first-order valence-corrected chi connectivity index (χ1v) is 14.0. The zero-order chi connectivity index (χ0) is 21.6. The van der Waals surface area contributed by atoms with E-state index < -0.39 is 15.4 Å². The van der Waals surface area contributed by atoms with Crippen molar-refractivity contribution in [2.75, 3.05) is 6.61 Å². The third-order valence-corrected chi connectivity index (χ3v) is 7.26. The van der Waals surface area contributed by atoms with Crippen LogP contribution >= 0.6 is 0 Å². The van der Waals surface area contributed by atoms with Gasteiger partial charge in [-0.2, -0.15) is 0 Å². The van der Waals surface area contributed by atoms with E-state index in [-0.39, 0.29) is 29.6 Å². The largest absolute Gasteiger partial charge is 1.00 e. The Morgan fingerprint density at radius 3 is 1.20 bits per heavy atom. The molecule has 0 amide bonds. The second-order valence-electron chi connectivity index (χ2n) is 8.78. The average molecular weight is 457 g/mol. The Bertz CT molecular complexity index is 429. The summed E-state index contributed by atoms with van der Waals surface area (Å²) in [5.41, 5.74) is 0. The second kappa shape index (κ2) is 24.5. The first-order chi connectivity index (χ1) is 14.0. The number of aliphatic hydroxyl groups excluding tert-OH is 1. The van der Waals surface area contributed by atoms with Crippen molar-refractivity contribution in [3.05, 3.63) is 0 Å². The molecule has 0 fully saturated rings. The molecule has 0 heterocycles. The van der Waals surface area contributed by atoms with Gasteiger partial charge in [0, 0.05) is 11.9 Å². The van der Waals surface area contributed by atoms with Gasteiger partial charge in [0.15, 0.2) is 0 Å². The first kappa shape index (κ1) is 33.0. The van der Waals surface area contributed by atoms with Crippen molar-refractivity contribution in [2.45, 2.75) is 147 Å². The van der Waals surface area contributed by atoms with E-state index >= 15 is 0 Å². The molecule has 0 saturated heterocycles. The van der Waals surface area contributed by atoms with E-state index in [0.717, 1.165) is 51.4 Å². The van der Waals surface area contributed by atoms with E-state index in [4.69, 9.17) is 5.11 Å². The Morgan fingerprint density at radius 2 is 0.900 bits per heavy atom. The number of hydrogen-bond acceptors (Lipinski definition) is 4. The summed E-state index contributed by atoms with van der Waals surface area (Å²) in [6.45, 7) is 2.52. The molecule has 0 rings (SSSR count). The predicted molar refractivity (Wildman–Crippen MR) is 123 cm³/mol. The molecule has 176 valence electrons. The average Bonchev–Trinajstić information content (AvgIpc) is 2.68. The van der Waals surface area contributed by atoms with Gasteiger partial charge >= 0.3 is 29.6 Å². The molecule has 0 aliphatic rings. The smallest absolute Gasteiger partial charge is 0.748 e. The fraction of sp³-hybridized carbons (Fsp3) is 1.00. The molecule has 0 radical (unpaired) electrons. The summed E-state index contributed by atoms with van der Waals surface area (Å²) in [5.74, 6) is 0. The van der Waals surface area contributed by atoms with Crippen LogP contribution in [-0.4, -0.2) is 29.9 Å². The van der Waals surface area contributed by atoms with Crippen LogP contribution in [0.1, 0.15) is 142 Å². The summed E-state index contributed by atoms with van der Waals surface area (Å²) in [5, 5.41) is 8.07. The molecule has 1 unspecified atom stereocenters. The van der Waals surface area contributed by atoms with E-state index in [9.17, 15) is 13.0 Å². The van der Waals surface area contributed by atoms with Crippen molar-refractivity contribution >= 4 is 10.1 Å². The molecule has 1 N–H and O–H groups in total. The van der Waals surface area contributed by atoms with Crippen molar-refractivity contribution in [1.82, 2.24) is 0 Å². The Labute approximate surface area is 210 Å². The quantitative estimate of drug-likeness (QED) is 0.143. The standard InChI is InChI=1S/C24H50O4S.Na/c1-2-3-4-5-12-15-18-21-24(29(26,27)28)22-19-16-13-10-8-6-7-9-11-14-17-20-23-25;/h24-25H,2-23H2,1H3,(H,26,27,28);/q;+1/p-1. The molecule has 0 aliphatic carbocycles. The van der Waals surface area contributed by atoms with Crippen LogP contribution in [0.3, 0.4) is 0 Å². The molecule has 4 nitrogen and oxygen atoms in total. The monoisotopic (exact) mass is 456 g/mol. The molecule has 0 aromatic heterocycles. The molecule has 0 aliphatic heterocycles. The van der Waals surface area contributed by atoms with Gasteiger partial charge < -0.3 is 9.66 Å². The van der Waals surface area contributed by atoms with Gasteiger partial charge in [0.05, 0.1) is 10.1 Å². The summed E-state index contributed by atoms with van der Waals surface area (Å²) in [4.78, 5) is 0. The van der Waals surface area contributed by atoms with Gasteiger partial charge in [-0.05, 0) is 19.3 Å². The van der Waals surface area contributed by atoms with Crippen LogP contribution in [0.2, 0.25) is 0 Å². The summed E-state index contributed by atoms with van der Waals surface area (Å²) in [7, 11) is -4.15. The summed E-state index contributed by atoms with van der Waals surface area (Å²) >= 11 is 0. The zero-order valence-corrected chi connectivity index (χ0v) is 23.0. The Hall–Kier alpha value is 0.870. The maximum absolute atomic E-state index is 11.5. The van der Waals surface area contributed by atoms with Gasteiger partial charge in [0.1, 0.15) is 0 Å². The fourth-order valence-electron chi connectivity index (χ4n) is 4.01. The van der Waals surface area contributed by atoms with Crippen LogP contribution in [0.5, 0.6) is 0 Å². The first-order valence-electron chi connectivity index (χ1n) is 12.6. The molecule has 0 bridgehead atoms. The number of aliphatic hydroxyl groups is 1. The van der Waals surface area contributed by atoms with Gasteiger partial charge in [0.25, 0.3) is 0 Å². The van der Waals surface area contributed by atoms with Crippen molar-refractivity contribution in [1.29, 1.82) is 0 Å². The van der Waals surface area contributed by atoms with E-state index in [0.29, 0.717) is 19.4 Å². The van der Waals surface area contributed by atoms with Crippen molar-refractivity contribution in [3.63, 3.8) is 0 Å². The minimum Gasteiger partial charge on any atom is -0.748 e. The van der Waals surface area contributed by atoms with E-state index in [1.54, 1.807) is 0 Å². The number of hydrogen-bond donors (Lipinski definition) is 1. The molecule has 6 heteroatoms. The van der Waals surface area contributed by atoms with Crippen LogP contribution in [0.25, 0.3) is 0 Å². The van der Waals surface area contributed by atoms with Crippen LogP contribution in [-0.2, 0) is 10.1 Å². The van der Waals surface area contributed by atoms with Crippen molar-refractivity contribution in [3.8, 4) is 0 Å². The van der Waals surface area contributed by atoms with Gasteiger partial charge in [-0.25, -0.2) is 8.42 Å². The summed E-state index contributed by atoms with van der Waals surface area (Å²) < 4.78 is 34.6. The predicted octanol–water partition coefficient (Wildman–Crippen LogP) is 4.11. The topological polar surface area (TPSA) is 77.4 Å². The fourth-order valence-corrected chi connectivity index (χ4v) is 4.92. The van der Waals surface area contributed by atoms with E-state index in [1.807, 2.05) is 0 Å². The molecule has 30 heavy (non-hydrogen) atoms. The Balaban J connectivity index is 0. The summed E-state index contributed by atoms with van der Waals surface area (Å²) in [6, 6.07) is 0. The van der Waals surface area contributed by atoms with Gasteiger partial charge in [-0.15, -0.1) is 0 Å². The van der Waals surface area contributed by atoms with Gasteiger partial charge in [0.2, 0.25) is 0 Å². The normalized spacial score (nSPS) is 12.6. The third kappa shape index (κ3) is 23.5. The molecular weight excluding hydrogens is 407 g/mol. The van der Waals surface area contributed by atoms with E-state index in [1.165, 1.54) is 70.6 Å². The SMILES string of the molecule is CCCCCCCCCC(CCCCCCCCCCCCCCO)S(=O)(=O)[O-].[Na+]. The van der Waals surface area contributed by atoms with Crippen LogP contribution < -0.4 is 29.6 Å². The molecule has 0 spiro atoms. The molecular formula is C24H49NaO4S. The van der Waals surface area contributed by atoms with Crippen molar-refractivity contribution in [2.24, 2.45) is 0 Å². The maximum Gasteiger partial charge on any atom is 1.00 e. The second-order valence-corrected chi connectivity index (χ2v) is 10.4. The van der Waals surface area contributed by atoms with Crippen LogP contribution in [0.4, 0.5) is 0 Å². The zero-order valence-electron chi connectivity index (χ0n) is 20.2. The number of unbranched alkanes of at least 4 members (excludes halogenated alkanes) is 17. The Morgan fingerprint density at radius 1 is 0.600 bits per heavy atom. The Kier molecular flexibility index (Phi) is 27.0. The molecule has 1 atom stereocenters. The van der Waals surface area contributed by atoms with Crippen LogP contribution in [0, 0.1) is 0 Å². The third-order valence-electron chi connectivity index (χ3n) is 5.97. The summed E-state index contributed by atoms with van der Waals surface area (Å²) in [6.07, 6.45) is 23.2. The molecule has 0 saturated carbocycles. The van der Waals surface area contributed by atoms with E-state index in [2.05, 4.69) is 6.92 Å². The van der Waals surface area contributed by atoms with Gasteiger partial charge in [-0.3, -0.25) is 0 Å². The minimum absolute atomic E-state index is 0. The van der Waals surface area contributed by atoms with Gasteiger partial charge in [-0.1, -0.05) is 122 Å². The van der Waals surface area contributed by atoms with Crippen LogP contribution in [0.15, 0.2) is 0 Å². The number of rotatable bonds is 23.